The maximum absolute atomic E-state index is 5.41. The number of aromatic nitrogens is 3. The van der Waals surface area contributed by atoms with Crippen LogP contribution in [0.25, 0.3) is 56.4 Å². The molecule has 0 unspecified atom stereocenters. The van der Waals surface area contributed by atoms with Gasteiger partial charge in [-0.2, -0.15) is 0 Å². The molecule has 1 spiro atoms. The summed E-state index contributed by atoms with van der Waals surface area (Å²) in [5.74, 6) is 1.85. The molecule has 2 aliphatic heterocycles. The first-order chi connectivity index (χ1) is 35.9. The number of fused-ring (bicyclic) bond motifs is 14. The zero-order valence-electron chi connectivity index (χ0n) is 40.2. The third kappa shape index (κ3) is 6.08. The highest BCUT2D eigenvalue weighted by atomic mass is 32.2. The number of benzene rings is 10. The van der Waals surface area contributed by atoms with Crippen molar-refractivity contribution in [2.24, 2.45) is 0 Å². The molecule has 4 aliphatic rings. The van der Waals surface area contributed by atoms with E-state index in [2.05, 4.69) is 260 Å². The van der Waals surface area contributed by atoms with Crippen molar-refractivity contribution in [3.05, 3.63) is 270 Å². The maximum Gasteiger partial charge on any atom is 0.164 e. The molecule has 3 heterocycles. The Morgan fingerprint density at radius 2 is 0.658 bits per heavy atom. The van der Waals surface area contributed by atoms with Crippen LogP contribution in [0.2, 0.25) is 0 Å². The molecule has 0 radical (unpaired) electrons. The minimum Gasteiger partial charge on any atom is -0.310 e. The van der Waals surface area contributed by atoms with Crippen molar-refractivity contribution >= 4 is 45.9 Å². The molecule has 0 amide bonds. The molecule has 344 valence electrons. The predicted octanol–water partition coefficient (Wildman–Crippen LogP) is 17.3. The number of rotatable bonds is 5. The van der Waals surface area contributed by atoms with Crippen LogP contribution in [0, 0.1) is 0 Å². The van der Waals surface area contributed by atoms with Crippen LogP contribution in [0.3, 0.4) is 0 Å². The fraction of sp³-hybridized carbons (Fsp3) is 0.0597. The SMILES string of the molecule is CC1(C)c2ccccc2N(c2ccc(-c3nc(-c4ccc(N5c6ccccc6Sc6ccccc65)cc4)nc(-c4ccc5c(c4)C4(c6ccccc6-c6ccccc64)c4ccccc4-5)n3)cc2)c2ccccc21. The zero-order chi connectivity index (χ0) is 48.4. The van der Waals surface area contributed by atoms with Crippen LogP contribution in [0.5, 0.6) is 0 Å². The summed E-state index contributed by atoms with van der Waals surface area (Å²) >= 11 is 1.81. The molecule has 6 heteroatoms. The minimum absolute atomic E-state index is 0.147. The highest BCUT2D eigenvalue weighted by molar-refractivity contribution is 7.99. The summed E-state index contributed by atoms with van der Waals surface area (Å²) in [6.45, 7) is 4.65. The molecule has 10 aromatic carbocycles. The average Bonchev–Trinajstić information content (AvgIpc) is 3.92. The molecule has 11 aromatic rings. The van der Waals surface area contributed by atoms with Crippen LogP contribution in [0.1, 0.15) is 47.2 Å². The van der Waals surface area contributed by atoms with E-state index in [1.807, 2.05) is 11.8 Å². The maximum atomic E-state index is 5.41. The monoisotopic (exact) mass is 951 g/mol. The summed E-state index contributed by atoms with van der Waals surface area (Å²) in [6, 6.07) is 85.9. The molecule has 15 rings (SSSR count). The molecule has 0 bridgehead atoms. The highest BCUT2D eigenvalue weighted by Gasteiger charge is 2.51. The van der Waals surface area contributed by atoms with Gasteiger partial charge in [0.2, 0.25) is 0 Å². The second-order valence-electron chi connectivity index (χ2n) is 19.9. The Morgan fingerprint density at radius 3 is 1.12 bits per heavy atom. The largest absolute Gasteiger partial charge is 0.310 e. The first-order valence-corrected chi connectivity index (χ1v) is 25.8. The van der Waals surface area contributed by atoms with Gasteiger partial charge in [0.05, 0.1) is 28.2 Å². The fourth-order valence-corrected chi connectivity index (χ4v) is 13.5. The van der Waals surface area contributed by atoms with Gasteiger partial charge in [-0.1, -0.05) is 171 Å². The Kier molecular flexibility index (Phi) is 9.09. The molecule has 2 aliphatic carbocycles. The molecule has 1 aromatic heterocycles. The Balaban J connectivity index is 0.890. The molecule has 0 saturated carbocycles. The van der Waals surface area contributed by atoms with Gasteiger partial charge in [0.1, 0.15) is 0 Å². The Morgan fingerprint density at radius 1 is 0.315 bits per heavy atom. The molecular weight excluding hydrogens is 907 g/mol. The quantitative estimate of drug-likeness (QED) is 0.171. The van der Waals surface area contributed by atoms with E-state index in [-0.39, 0.29) is 5.41 Å². The average molecular weight is 952 g/mol. The van der Waals surface area contributed by atoms with E-state index in [1.54, 1.807) is 0 Å². The first-order valence-electron chi connectivity index (χ1n) is 25.0. The van der Waals surface area contributed by atoms with Crippen molar-refractivity contribution in [2.45, 2.75) is 34.5 Å². The normalized spacial score (nSPS) is 14.5. The molecular formula is C67H45N5S. The standard InChI is InChI=1S/C67H45N5S/c1-66(2)54-23-9-11-25-57(54)71(58-26-12-10-24-55(58)66)45-36-31-42(32-37-45)63-68-64(43-33-38-46(39-34-43)72-59-27-13-15-29-61(59)73-62-30-16-14-28-60(62)72)70-65(69-63)44-35-40-50-49-19-5-8-22-53(49)67(56(50)41-44)51-20-6-3-17-47(51)48-18-4-7-21-52(48)67/h3-41H,1-2H3. The molecule has 0 N–H and O–H groups in total. The van der Waals surface area contributed by atoms with E-state index in [1.165, 1.54) is 76.8 Å². The number of hydrogen-bond donors (Lipinski definition) is 0. The van der Waals surface area contributed by atoms with Crippen molar-refractivity contribution in [3.63, 3.8) is 0 Å². The van der Waals surface area contributed by atoms with E-state index in [4.69, 9.17) is 15.0 Å². The van der Waals surface area contributed by atoms with Crippen LogP contribution in [-0.2, 0) is 10.8 Å². The van der Waals surface area contributed by atoms with Crippen LogP contribution < -0.4 is 9.80 Å². The third-order valence-corrected chi connectivity index (χ3v) is 16.9. The van der Waals surface area contributed by atoms with Gasteiger partial charge in [0.15, 0.2) is 17.5 Å². The highest BCUT2D eigenvalue weighted by Crippen LogP contribution is 2.63. The third-order valence-electron chi connectivity index (χ3n) is 15.7. The molecule has 0 atom stereocenters. The summed E-state index contributed by atoms with van der Waals surface area (Å²) < 4.78 is 0. The van der Waals surface area contributed by atoms with Gasteiger partial charge in [-0.05, 0) is 147 Å². The van der Waals surface area contributed by atoms with Gasteiger partial charge in [0, 0.05) is 43.3 Å². The summed E-state index contributed by atoms with van der Waals surface area (Å²) in [5.41, 5.74) is 21.7. The minimum atomic E-state index is -0.495. The van der Waals surface area contributed by atoms with E-state index in [9.17, 15) is 0 Å². The smallest absolute Gasteiger partial charge is 0.164 e. The molecule has 5 nitrogen and oxygen atoms in total. The van der Waals surface area contributed by atoms with Crippen LogP contribution in [0.15, 0.2) is 246 Å². The Labute approximate surface area is 429 Å². The van der Waals surface area contributed by atoms with Gasteiger partial charge in [0.25, 0.3) is 0 Å². The van der Waals surface area contributed by atoms with Crippen LogP contribution in [-0.4, -0.2) is 15.0 Å². The summed E-state index contributed by atoms with van der Waals surface area (Å²) in [4.78, 5) is 23.3. The van der Waals surface area contributed by atoms with E-state index < -0.39 is 5.41 Å². The molecule has 0 saturated heterocycles. The molecule has 73 heavy (non-hydrogen) atoms. The van der Waals surface area contributed by atoms with Gasteiger partial charge >= 0.3 is 0 Å². The first kappa shape index (κ1) is 41.9. The van der Waals surface area contributed by atoms with Gasteiger partial charge < -0.3 is 9.80 Å². The second kappa shape index (κ2) is 15.8. The number of nitrogens with zero attached hydrogens (tertiary/aromatic N) is 5. The lowest BCUT2D eigenvalue weighted by atomic mass is 9.70. The van der Waals surface area contributed by atoms with Gasteiger partial charge in [-0.3, -0.25) is 0 Å². The second-order valence-corrected chi connectivity index (χ2v) is 21.0. The van der Waals surface area contributed by atoms with E-state index in [0.717, 1.165) is 39.4 Å². The number of para-hydroxylation sites is 4. The van der Waals surface area contributed by atoms with Crippen LogP contribution >= 0.6 is 11.8 Å². The van der Waals surface area contributed by atoms with Gasteiger partial charge in [-0.15, -0.1) is 0 Å². The van der Waals surface area contributed by atoms with Crippen molar-refractivity contribution in [3.8, 4) is 56.4 Å². The lowest BCUT2D eigenvalue weighted by molar-refractivity contribution is 0.632. The van der Waals surface area contributed by atoms with E-state index in [0.29, 0.717) is 17.5 Å². The van der Waals surface area contributed by atoms with E-state index >= 15 is 0 Å². The number of hydrogen-bond acceptors (Lipinski definition) is 6. The lowest BCUT2D eigenvalue weighted by Gasteiger charge is -2.42. The van der Waals surface area contributed by atoms with Crippen molar-refractivity contribution in [1.29, 1.82) is 0 Å². The van der Waals surface area contributed by atoms with Gasteiger partial charge in [-0.25, -0.2) is 15.0 Å². The van der Waals surface area contributed by atoms with Crippen molar-refractivity contribution in [2.75, 3.05) is 9.80 Å². The Bertz CT molecular complexity index is 3910. The van der Waals surface area contributed by atoms with Crippen molar-refractivity contribution < 1.29 is 0 Å². The lowest BCUT2D eigenvalue weighted by Crippen LogP contribution is -2.30. The van der Waals surface area contributed by atoms with Crippen molar-refractivity contribution in [1.82, 2.24) is 15.0 Å². The number of anilines is 6. The predicted molar refractivity (Wildman–Crippen MR) is 298 cm³/mol. The summed E-state index contributed by atoms with van der Waals surface area (Å²) in [5, 5.41) is 0. The Hall–Kier alpha value is -8.84. The summed E-state index contributed by atoms with van der Waals surface area (Å²) in [6.07, 6.45) is 0. The summed E-state index contributed by atoms with van der Waals surface area (Å²) in [7, 11) is 0. The zero-order valence-corrected chi connectivity index (χ0v) is 41.0. The topological polar surface area (TPSA) is 45.2 Å². The molecule has 0 fully saturated rings. The fourth-order valence-electron chi connectivity index (χ4n) is 12.4. The van der Waals surface area contributed by atoms with Crippen LogP contribution in [0.4, 0.5) is 34.1 Å².